The summed E-state index contributed by atoms with van der Waals surface area (Å²) in [4.78, 5) is 11.6. The number of benzene rings is 1. The number of nitrogen functional groups attached to an aromatic ring is 1. The van der Waals surface area contributed by atoms with E-state index in [0.29, 0.717) is 13.0 Å². The first kappa shape index (κ1) is 16.8. The Morgan fingerprint density at radius 2 is 1.78 bits per heavy atom. The maximum Gasteiger partial charge on any atom is 0.220 e. The van der Waals surface area contributed by atoms with E-state index in [2.05, 4.69) is 26.1 Å². The molecule has 18 heavy (non-hydrogen) atoms. The zero-order chi connectivity index (χ0) is 12.9. The minimum Gasteiger partial charge on any atom is -0.399 e. The monoisotopic (exact) mass is 270 g/mol. The number of nitrogens with two attached hydrogens (primary N) is 1. The van der Waals surface area contributed by atoms with Crippen LogP contribution in [0.4, 0.5) is 5.69 Å². The van der Waals surface area contributed by atoms with Crippen LogP contribution < -0.4 is 11.1 Å². The number of rotatable bonds is 4. The summed E-state index contributed by atoms with van der Waals surface area (Å²) in [5, 5.41) is 2.93. The summed E-state index contributed by atoms with van der Waals surface area (Å²) in [6, 6.07) is 7.75. The molecule has 0 aromatic heterocycles. The van der Waals surface area contributed by atoms with Crippen LogP contribution in [-0.4, -0.2) is 12.5 Å². The Balaban J connectivity index is 0.00000289. The topological polar surface area (TPSA) is 55.1 Å². The van der Waals surface area contributed by atoms with Crippen LogP contribution in [-0.2, 0) is 11.2 Å². The Morgan fingerprint density at radius 1 is 1.22 bits per heavy atom. The van der Waals surface area contributed by atoms with Gasteiger partial charge in [-0.25, -0.2) is 0 Å². The van der Waals surface area contributed by atoms with Gasteiger partial charge in [0.15, 0.2) is 0 Å². The normalized spacial score (nSPS) is 10.6. The molecule has 0 aliphatic carbocycles. The van der Waals surface area contributed by atoms with Crippen LogP contribution in [0.5, 0.6) is 0 Å². The Labute approximate surface area is 116 Å². The van der Waals surface area contributed by atoms with E-state index < -0.39 is 0 Å². The number of hydrogen-bond donors (Lipinski definition) is 2. The molecule has 0 aliphatic heterocycles. The molecular formula is C14H23ClN2O. The molecular weight excluding hydrogens is 248 g/mol. The van der Waals surface area contributed by atoms with Gasteiger partial charge in [-0.2, -0.15) is 0 Å². The molecule has 0 bridgehead atoms. The molecule has 0 atom stereocenters. The van der Waals surface area contributed by atoms with Gasteiger partial charge in [0, 0.05) is 18.7 Å². The van der Waals surface area contributed by atoms with Gasteiger partial charge in [-0.3, -0.25) is 4.79 Å². The molecule has 1 amide bonds. The molecule has 0 fully saturated rings. The SMILES string of the molecule is CC(C)(C)CC(=O)NCCc1ccc(N)cc1.Cl. The summed E-state index contributed by atoms with van der Waals surface area (Å²) >= 11 is 0. The second kappa shape index (κ2) is 7.27. The number of nitrogens with one attached hydrogen (secondary N) is 1. The molecule has 1 aromatic carbocycles. The van der Waals surface area contributed by atoms with Crippen molar-refractivity contribution in [1.82, 2.24) is 5.32 Å². The number of hydrogen-bond acceptors (Lipinski definition) is 2. The summed E-state index contributed by atoms with van der Waals surface area (Å²) in [5.74, 6) is 0.118. The molecule has 3 nitrogen and oxygen atoms in total. The van der Waals surface area contributed by atoms with E-state index >= 15 is 0 Å². The molecule has 0 radical (unpaired) electrons. The zero-order valence-corrected chi connectivity index (χ0v) is 12.1. The summed E-state index contributed by atoms with van der Waals surface area (Å²) in [6.45, 7) is 6.87. The van der Waals surface area contributed by atoms with Gasteiger partial charge in [-0.1, -0.05) is 32.9 Å². The molecule has 0 unspecified atom stereocenters. The number of carbonyl (C=O) groups is 1. The van der Waals surface area contributed by atoms with Crippen molar-refractivity contribution < 1.29 is 4.79 Å². The highest BCUT2D eigenvalue weighted by molar-refractivity contribution is 5.85. The maximum atomic E-state index is 11.6. The van der Waals surface area contributed by atoms with Gasteiger partial charge in [-0.05, 0) is 29.5 Å². The zero-order valence-electron chi connectivity index (χ0n) is 11.3. The van der Waals surface area contributed by atoms with Crippen molar-refractivity contribution in [3.63, 3.8) is 0 Å². The first-order valence-corrected chi connectivity index (χ1v) is 5.98. The molecule has 102 valence electrons. The van der Waals surface area contributed by atoms with Gasteiger partial charge >= 0.3 is 0 Å². The molecule has 0 spiro atoms. The predicted molar refractivity (Wildman–Crippen MR) is 78.9 cm³/mol. The number of halogens is 1. The van der Waals surface area contributed by atoms with E-state index in [9.17, 15) is 4.79 Å². The quantitative estimate of drug-likeness (QED) is 0.827. The van der Waals surface area contributed by atoms with Gasteiger partial charge in [0.05, 0.1) is 0 Å². The Kier molecular flexibility index (Phi) is 6.77. The van der Waals surface area contributed by atoms with E-state index in [1.54, 1.807) is 0 Å². The fourth-order valence-electron chi connectivity index (χ4n) is 1.57. The maximum absolute atomic E-state index is 11.6. The Hall–Kier alpha value is -1.22. The lowest BCUT2D eigenvalue weighted by Gasteiger charge is -2.17. The third-order valence-electron chi connectivity index (χ3n) is 2.41. The summed E-state index contributed by atoms with van der Waals surface area (Å²) < 4.78 is 0. The first-order valence-electron chi connectivity index (χ1n) is 5.98. The molecule has 1 aromatic rings. The van der Waals surface area contributed by atoms with Gasteiger partial charge in [0.2, 0.25) is 5.91 Å². The van der Waals surface area contributed by atoms with Gasteiger partial charge in [0.1, 0.15) is 0 Å². The van der Waals surface area contributed by atoms with Crippen LogP contribution >= 0.6 is 12.4 Å². The van der Waals surface area contributed by atoms with Crippen LogP contribution in [0.2, 0.25) is 0 Å². The minimum absolute atomic E-state index is 0. The first-order chi connectivity index (χ1) is 7.87. The highest BCUT2D eigenvalue weighted by Crippen LogP contribution is 2.17. The molecule has 0 saturated heterocycles. The third kappa shape index (κ3) is 7.17. The second-order valence-corrected chi connectivity index (χ2v) is 5.58. The highest BCUT2D eigenvalue weighted by atomic mass is 35.5. The lowest BCUT2D eigenvalue weighted by atomic mass is 9.92. The molecule has 1 rings (SSSR count). The highest BCUT2D eigenvalue weighted by Gasteiger charge is 2.15. The molecule has 3 N–H and O–H groups in total. The molecule has 0 heterocycles. The van der Waals surface area contributed by atoms with Gasteiger partial charge in [-0.15, -0.1) is 12.4 Å². The second-order valence-electron chi connectivity index (χ2n) is 5.58. The number of anilines is 1. The van der Waals surface area contributed by atoms with Crippen LogP contribution in [0, 0.1) is 5.41 Å². The molecule has 0 aliphatic rings. The largest absolute Gasteiger partial charge is 0.399 e. The van der Waals surface area contributed by atoms with Crippen molar-refractivity contribution in [2.75, 3.05) is 12.3 Å². The summed E-state index contributed by atoms with van der Waals surface area (Å²) in [7, 11) is 0. The fraction of sp³-hybridized carbons (Fsp3) is 0.500. The van der Waals surface area contributed by atoms with E-state index in [1.807, 2.05) is 24.3 Å². The summed E-state index contributed by atoms with van der Waals surface area (Å²) in [5.41, 5.74) is 7.61. The smallest absolute Gasteiger partial charge is 0.220 e. The third-order valence-corrected chi connectivity index (χ3v) is 2.41. The Morgan fingerprint density at radius 3 is 2.28 bits per heavy atom. The van der Waals surface area contributed by atoms with E-state index in [4.69, 9.17) is 5.73 Å². The van der Waals surface area contributed by atoms with Crippen molar-refractivity contribution in [2.45, 2.75) is 33.6 Å². The van der Waals surface area contributed by atoms with Crippen LogP contribution in [0.1, 0.15) is 32.8 Å². The lowest BCUT2D eigenvalue weighted by Crippen LogP contribution is -2.29. The van der Waals surface area contributed by atoms with Gasteiger partial charge < -0.3 is 11.1 Å². The minimum atomic E-state index is 0. The lowest BCUT2D eigenvalue weighted by molar-refractivity contribution is -0.122. The molecule has 4 heteroatoms. The van der Waals surface area contributed by atoms with Crippen molar-refractivity contribution in [1.29, 1.82) is 0 Å². The Bertz CT molecular complexity index is 368. The van der Waals surface area contributed by atoms with Crippen LogP contribution in [0.15, 0.2) is 24.3 Å². The van der Waals surface area contributed by atoms with E-state index in [-0.39, 0.29) is 23.7 Å². The predicted octanol–water partition coefficient (Wildman–Crippen LogP) is 2.79. The van der Waals surface area contributed by atoms with E-state index in [1.165, 1.54) is 5.56 Å². The van der Waals surface area contributed by atoms with Crippen molar-refractivity contribution in [3.05, 3.63) is 29.8 Å². The number of amides is 1. The average Bonchev–Trinajstić information content (AvgIpc) is 2.18. The average molecular weight is 271 g/mol. The fourth-order valence-corrected chi connectivity index (χ4v) is 1.57. The van der Waals surface area contributed by atoms with Crippen LogP contribution in [0.25, 0.3) is 0 Å². The van der Waals surface area contributed by atoms with Gasteiger partial charge in [0.25, 0.3) is 0 Å². The van der Waals surface area contributed by atoms with Crippen LogP contribution in [0.3, 0.4) is 0 Å². The number of carbonyl (C=O) groups excluding carboxylic acids is 1. The van der Waals surface area contributed by atoms with E-state index in [0.717, 1.165) is 12.1 Å². The summed E-state index contributed by atoms with van der Waals surface area (Å²) in [6.07, 6.45) is 1.41. The van der Waals surface area contributed by atoms with Crippen molar-refractivity contribution in [3.8, 4) is 0 Å². The van der Waals surface area contributed by atoms with Crippen molar-refractivity contribution >= 4 is 24.0 Å². The standard InChI is InChI=1S/C14H22N2O.ClH/c1-14(2,3)10-13(17)16-9-8-11-4-6-12(15)7-5-11;/h4-7H,8-10,15H2,1-3H3,(H,16,17);1H. The van der Waals surface area contributed by atoms with Crippen molar-refractivity contribution in [2.24, 2.45) is 5.41 Å². The molecule has 0 saturated carbocycles.